The molecule has 0 spiro atoms. The molecule has 0 aromatic heterocycles. The molecule has 0 bridgehead atoms. The quantitative estimate of drug-likeness (QED) is 0.760. The topological polar surface area (TPSA) is 15.3 Å². The van der Waals surface area contributed by atoms with Gasteiger partial charge in [-0.05, 0) is 53.4 Å². The van der Waals surface area contributed by atoms with Gasteiger partial charge in [-0.3, -0.25) is 0 Å². The molecule has 0 unspecified atom stereocenters. The highest BCUT2D eigenvalue weighted by molar-refractivity contribution is 7.80. The fourth-order valence-corrected chi connectivity index (χ4v) is 2.62. The number of aryl methyl sites for hydroxylation is 1. The molecule has 0 aliphatic carbocycles. The van der Waals surface area contributed by atoms with Crippen LogP contribution in [0.5, 0.6) is 0 Å². The summed E-state index contributed by atoms with van der Waals surface area (Å²) in [5, 5.41) is 4.07. The average Bonchev–Trinajstić information content (AvgIpc) is 2.55. The van der Waals surface area contributed by atoms with Crippen molar-refractivity contribution in [1.29, 1.82) is 0 Å². The molecule has 0 fully saturated rings. The summed E-state index contributed by atoms with van der Waals surface area (Å²) in [7, 11) is 2.02. The van der Waals surface area contributed by atoms with Crippen LogP contribution in [-0.4, -0.2) is 17.1 Å². The molecule has 0 aliphatic heterocycles. The van der Waals surface area contributed by atoms with Gasteiger partial charge in [0.25, 0.3) is 0 Å². The fraction of sp³-hybridized carbons (Fsp3) is 0.350. The van der Waals surface area contributed by atoms with E-state index >= 15 is 0 Å². The molecule has 23 heavy (non-hydrogen) atoms. The molecule has 0 saturated heterocycles. The standard InChI is InChI=1S/C20H26N2S/c1-5-16-7-6-8-19(13-16)21-20(23)22(4)14-17-9-11-18(12-10-17)15(2)3/h6-13,15H,5,14H2,1-4H3,(H,21,23). The number of hydrogen-bond acceptors (Lipinski definition) is 1. The van der Waals surface area contributed by atoms with E-state index in [2.05, 4.69) is 79.5 Å². The lowest BCUT2D eigenvalue weighted by molar-refractivity contribution is 0.508. The zero-order valence-electron chi connectivity index (χ0n) is 14.5. The third kappa shape index (κ3) is 5.07. The number of nitrogens with one attached hydrogen (secondary N) is 1. The van der Waals surface area contributed by atoms with E-state index in [1.165, 1.54) is 16.7 Å². The number of rotatable bonds is 5. The lowest BCUT2D eigenvalue weighted by Gasteiger charge is -2.21. The summed E-state index contributed by atoms with van der Waals surface area (Å²) in [6.07, 6.45) is 1.03. The summed E-state index contributed by atoms with van der Waals surface area (Å²) in [6.45, 7) is 7.39. The van der Waals surface area contributed by atoms with Gasteiger partial charge in [-0.15, -0.1) is 0 Å². The summed E-state index contributed by atoms with van der Waals surface area (Å²) in [4.78, 5) is 2.07. The van der Waals surface area contributed by atoms with Crippen LogP contribution in [-0.2, 0) is 13.0 Å². The van der Waals surface area contributed by atoms with E-state index in [4.69, 9.17) is 12.2 Å². The van der Waals surface area contributed by atoms with Gasteiger partial charge in [-0.25, -0.2) is 0 Å². The van der Waals surface area contributed by atoms with E-state index in [0.29, 0.717) is 5.92 Å². The molecular weight excluding hydrogens is 300 g/mol. The Hall–Kier alpha value is -1.87. The first-order valence-corrected chi connectivity index (χ1v) is 8.60. The highest BCUT2D eigenvalue weighted by atomic mass is 32.1. The zero-order chi connectivity index (χ0) is 16.8. The molecule has 0 amide bonds. The van der Waals surface area contributed by atoms with Crippen molar-refractivity contribution in [2.45, 2.75) is 39.7 Å². The minimum Gasteiger partial charge on any atom is -0.348 e. The molecule has 0 heterocycles. The average molecular weight is 327 g/mol. The van der Waals surface area contributed by atoms with Crippen LogP contribution >= 0.6 is 12.2 Å². The van der Waals surface area contributed by atoms with Gasteiger partial charge in [0.1, 0.15) is 0 Å². The van der Waals surface area contributed by atoms with Crippen molar-refractivity contribution >= 4 is 23.0 Å². The van der Waals surface area contributed by atoms with Crippen LogP contribution in [0.2, 0.25) is 0 Å². The minimum absolute atomic E-state index is 0.565. The molecule has 0 atom stereocenters. The summed E-state index contributed by atoms with van der Waals surface area (Å²) in [6, 6.07) is 17.2. The Morgan fingerprint density at radius 2 is 1.78 bits per heavy atom. The third-order valence-corrected chi connectivity index (χ3v) is 4.41. The second-order valence-electron chi connectivity index (χ2n) is 6.24. The highest BCUT2D eigenvalue weighted by Gasteiger charge is 2.07. The normalized spacial score (nSPS) is 10.7. The first-order chi connectivity index (χ1) is 11.0. The van der Waals surface area contributed by atoms with Crippen molar-refractivity contribution in [2.24, 2.45) is 0 Å². The molecule has 3 heteroatoms. The molecule has 2 aromatic rings. The lowest BCUT2D eigenvalue weighted by atomic mass is 10.0. The number of nitrogens with zero attached hydrogens (tertiary/aromatic N) is 1. The van der Waals surface area contributed by atoms with Gasteiger partial charge in [-0.1, -0.05) is 57.2 Å². The monoisotopic (exact) mass is 326 g/mol. The van der Waals surface area contributed by atoms with Crippen molar-refractivity contribution in [1.82, 2.24) is 4.90 Å². The summed E-state index contributed by atoms with van der Waals surface area (Å²) >= 11 is 5.52. The Balaban J connectivity index is 1.96. The number of hydrogen-bond donors (Lipinski definition) is 1. The maximum absolute atomic E-state index is 5.52. The van der Waals surface area contributed by atoms with Crippen LogP contribution in [0.25, 0.3) is 0 Å². The maximum Gasteiger partial charge on any atom is 0.173 e. The van der Waals surface area contributed by atoms with E-state index < -0.39 is 0 Å². The van der Waals surface area contributed by atoms with E-state index in [-0.39, 0.29) is 0 Å². The predicted octanol–water partition coefficient (Wildman–Crippen LogP) is 5.20. The van der Waals surface area contributed by atoms with E-state index in [1.54, 1.807) is 0 Å². The minimum atomic E-state index is 0.565. The second kappa shape index (κ2) is 8.11. The predicted molar refractivity (Wildman–Crippen MR) is 104 cm³/mol. The van der Waals surface area contributed by atoms with Crippen LogP contribution in [0.1, 0.15) is 43.4 Å². The van der Waals surface area contributed by atoms with Crippen LogP contribution in [0.3, 0.4) is 0 Å². The first kappa shape index (κ1) is 17.5. The van der Waals surface area contributed by atoms with Crippen molar-refractivity contribution in [3.63, 3.8) is 0 Å². The van der Waals surface area contributed by atoms with Gasteiger partial charge < -0.3 is 10.2 Å². The molecule has 0 aliphatic rings. The van der Waals surface area contributed by atoms with Gasteiger partial charge in [0.05, 0.1) is 0 Å². The summed E-state index contributed by atoms with van der Waals surface area (Å²) in [5.41, 5.74) is 5.00. The molecule has 1 N–H and O–H groups in total. The maximum atomic E-state index is 5.52. The number of benzene rings is 2. The Bertz CT molecular complexity index is 647. The number of anilines is 1. The highest BCUT2D eigenvalue weighted by Crippen LogP contribution is 2.16. The van der Waals surface area contributed by atoms with Crippen molar-refractivity contribution in [2.75, 3.05) is 12.4 Å². The molecule has 2 nitrogen and oxygen atoms in total. The second-order valence-corrected chi connectivity index (χ2v) is 6.62. The largest absolute Gasteiger partial charge is 0.348 e. The van der Waals surface area contributed by atoms with Crippen LogP contribution < -0.4 is 5.32 Å². The third-order valence-electron chi connectivity index (χ3n) is 4.00. The van der Waals surface area contributed by atoms with Gasteiger partial charge in [0, 0.05) is 19.3 Å². The molecule has 122 valence electrons. The van der Waals surface area contributed by atoms with Gasteiger partial charge in [0.2, 0.25) is 0 Å². The molecule has 0 radical (unpaired) electrons. The molecular formula is C20H26N2S. The van der Waals surface area contributed by atoms with Gasteiger partial charge in [-0.2, -0.15) is 0 Å². The lowest BCUT2D eigenvalue weighted by Crippen LogP contribution is -2.30. The van der Waals surface area contributed by atoms with Crippen LogP contribution in [0.4, 0.5) is 5.69 Å². The number of thiocarbonyl (C=S) groups is 1. The molecule has 0 saturated carbocycles. The Kier molecular flexibility index (Phi) is 6.17. The Morgan fingerprint density at radius 1 is 1.09 bits per heavy atom. The van der Waals surface area contributed by atoms with E-state index in [0.717, 1.165) is 23.8 Å². The van der Waals surface area contributed by atoms with Crippen LogP contribution in [0.15, 0.2) is 48.5 Å². The SMILES string of the molecule is CCc1cccc(NC(=S)N(C)Cc2ccc(C(C)C)cc2)c1. The first-order valence-electron chi connectivity index (χ1n) is 8.19. The Labute approximate surface area is 145 Å². The van der Waals surface area contributed by atoms with E-state index in [9.17, 15) is 0 Å². The Morgan fingerprint density at radius 3 is 2.39 bits per heavy atom. The summed E-state index contributed by atoms with van der Waals surface area (Å²) < 4.78 is 0. The van der Waals surface area contributed by atoms with Gasteiger partial charge in [0.15, 0.2) is 5.11 Å². The van der Waals surface area contributed by atoms with Crippen molar-refractivity contribution < 1.29 is 0 Å². The van der Waals surface area contributed by atoms with Crippen molar-refractivity contribution in [3.05, 3.63) is 65.2 Å². The smallest absolute Gasteiger partial charge is 0.173 e. The van der Waals surface area contributed by atoms with Crippen LogP contribution in [0, 0.1) is 0 Å². The fourth-order valence-electron chi connectivity index (χ4n) is 2.44. The van der Waals surface area contributed by atoms with E-state index in [1.807, 2.05) is 7.05 Å². The summed E-state index contributed by atoms with van der Waals surface area (Å²) in [5.74, 6) is 0.565. The molecule has 2 rings (SSSR count). The zero-order valence-corrected chi connectivity index (χ0v) is 15.3. The van der Waals surface area contributed by atoms with Gasteiger partial charge >= 0.3 is 0 Å². The van der Waals surface area contributed by atoms with Crippen molar-refractivity contribution in [3.8, 4) is 0 Å². The molecule has 2 aromatic carbocycles.